The Labute approximate surface area is 211 Å². The highest BCUT2D eigenvalue weighted by Crippen LogP contribution is 2.30. The Kier molecular flexibility index (Phi) is 7.47. The minimum absolute atomic E-state index is 0.174. The Hall–Kier alpha value is -4.34. The number of halogens is 3. The number of amides is 4. The van der Waals surface area contributed by atoms with Crippen molar-refractivity contribution in [3.8, 4) is 11.1 Å². The van der Waals surface area contributed by atoms with Crippen molar-refractivity contribution < 1.29 is 27.6 Å². The molecule has 1 aliphatic heterocycles. The van der Waals surface area contributed by atoms with E-state index in [0.717, 1.165) is 41.0 Å². The number of primary amides is 1. The highest BCUT2D eigenvalue weighted by molar-refractivity contribution is 6.01. The lowest BCUT2D eigenvalue weighted by molar-refractivity contribution is -0.137. The SMILES string of the molecule is NC(=O)Cc1ccc(-c2ccc(N3CCCC(NC(=O)Nc4ccc(C(F)(F)F)cc4)C3=O)cc2)cc1. The van der Waals surface area contributed by atoms with Gasteiger partial charge in [-0.1, -0.05) is 36.4 Å². The molecule has 0 aromatic heterocycles. The lowest BCUT2D eigenvalue weighted by Gasteiger charge is -2.32. The molecule has 3 aromatic carbocycles. The lowest BCUT2D eigenvalue weighted by Crippen LogP contribution is -2.53. The normalized spacial score (nSPS) is 15.8. The number of piperidine rings is 1. The number of benzene rings is 3. The first-order chi connectivity index (χ1) is 17.6. The van der Waals surface area contributed by atoms with Crippen LogP contribution in [-0.4, -0.2) is 30.4 Å². The van der Waals surface area contributed by atoms with E-state index in [9.17, 15) is 27.6 Å². The number of nitrogens with zero attached hydrogens (tertiary/aromatic N) is 1. The van der Waals surface area contributed by atoms with Gasteiger partial charge in [-0.25, -0.2) is 4.79 Å². The van der Waals surface area contributed by atoms with Gasteiger partial charge in [0, 0.05) is 17.9 Å². The molecule has 10 heteroatoms. The standard InChI is InChI=1S/C27H25F3N4O3/c28-27(29,30)20-9-11-21(12-10-20)32-26(37)33-23-2-1-15-34(25(23)36)22-13-7-19(8-14-22)18-5-3-17(4-6-18)16-24(31)35/h3-14,23H,1-2,15-16H2,(H2,31,35)(H2,32,33,37). The summed E-state index contributed by atoms with van der Waals surface area (Å²) >= 11 is 0. The van der Waals surface area contributed by atoms with Crippen molar-refractivity contribution in [3.63, 3.8) is 0 Å². The van der Waals surface area contributed by atoms with Crippen LogP contribution in [0.25, 0.3) is 11.1 Å². The Morgan fingerprint density at radius 2 is 1.51 bits per heavy atom. The van der Waals surface area contributed by atoms with Gasteiger partial charge >= 0.3 is 12.2 Å². The second-order valence-electron chi connectivity index (χ2n) is 8.75. The lowest BCUT2D eigenvalue weighted by atomic mass is 10.0. The number of hydrogen-bond acceptors (Lipinski definition) is 3. The van der Waals surface area contributed by atoms with E-state index in [1.165, 1.54) is 0 Å². The maximum absolute atomic E-state index is 13.1. The monoisotopic (exact) mass is 510 g/mol. The molecule has 7 nitrogen and oxygen atoms in total. The van der Waals surface area contributed by atoms with Crippen LogP contribution in [-0.2, 0) is 22.2 Å². The van der Waals surface area contributed by atoms with Crippen LogP contribution < -0.4 is 21.3 Å². The van der Waals surface area contributed by atoms with E-state index in [2.05, 4.69) is 10.6 Å². The number of nitrogens with two attached hydrogens (primary N) is 1. The van der Waals surface area contributed by atoms with Gasteiger partial charge in [-0.05, 0) is 65.9 Å². The third-order valence-electron chi connectivity index (χ3n) is 6.06. The molecule has 4 rings (SSSR count). The number of carbonyl (C=O) groups is 3. The molecule has 1 atom stereocenters. The fraction of sp³-hybridized carbons (Fsp3) is 0.222. The number of alkyl halides is 3. The van der Waals surface area contributed by atoms with E-state index < -0.39 is 29.7 Å². The maximum atomic E-state index is 13.1. The van der Waals surface area contributed by atoms with E-state index in [4.69, 9.17) is 5.73 Å². The minimum Gasteiger partial charge on any atom is -0.369 e. The van der Waals surface area contributed by atoms with Crippen molar-refractivity contribution in [1.82, 2.24) is 5.32 Å². The third-order valence-corrected chi connectivity index (χ3v) is 6.06. The van der Waals surface area contributed by atoms with Crippen molar-refractivity contribution in [2.75, 3.05) is 16.8 Å². The second-order valence-corrected chi connectivity index (χ2v) is 8.75. The molecule has 0 bridgehead atoms. The Morgan fingerprint density at radius 1 is 0.919 bits per heavy atom. The second kappa shape index (κ2) is 10.7. The molecule has 3 aromatic rings. The smallest absolute Gasteiger partial charge is 0.369 e. The Morgan fingerprint density at radius 3 is 2.08 bits per heavy atom. The predicted octanol–water partition coefficient (Wildman–Crippen LogP) is 4.72. The number of anilines is 2. The maximum Gasteiger partial charge on any atom is 0.416 e. The highest BCUT2D eigenvalue weighted by Gasteiger charge is 2.32. The summed E-state index contributed by atoms with van der Waals surface area (Å²) in [6, 6.07) is 17.5. The zero-order valence-electron chi connectivity index (χ0n) is 19.7. The molecule has 0 radical (unpaired) electrons. The fourth-order valence-electron chi connectivity index (χ4n) is 4.18. The Bertz CT molecular complexity index is 1270. The molecule has 37 heavy (non-hydrogen) atoms. The van der Waals surface area contributed by atoms with Gasteiger partial charge in [-0.2, -0.15) is 13.2 Å². The van der Waals surface area contributed by atoms with Crippen LogP contribution in [0.15, 0.2) is 72.8 Å². The van der Waals surface area contributed by atoms with Crippen LogP contribution in [0.2, 0.25) is 0 Å². The summed E-state index contributed by atoms with van der Waals surface area (Å²) in [6.07, 6.45) is -3.17. The molecule has 1 saturated heterocycles. The summed E-state index contributed by atoms with van der Waals surface area (Å²) in [5, 5.41) is 5.09. The molecule has 4 N–H and O–H groups in total. The molecular formula is C27H25F3N4O3. The zero-order valence-corrected chi connectivity index (χ0v) is 19.7. The number of rotatable bonds is 6. The van der Waals surface area contributed by atoms with Crippen LogP contribution in [0.1, 0.15) is 24.0 Å². The summed E-state index contributed by atoms with van der Waals surface area (Å²) in [4.78, 5) is 38.1. The van der Waals surface area contributed by atoms with E-state index >= 15 is 0 Å². The quantitative estimate of drug-likeness (QED) is 0.447. The fourth-order valence-corrected chi connectivity index (χ4v) is 4.18. The van der Waals surface area contributed by atoms with Gasteiger partial charge in [0.2, 0.25) is 11.8 Å². The summed E-state index contributed by atoms with van der Waals surface area (Å²) < 4.78 is 38.1. The summed E-state index contributed by atoms with van der Waals surface area (Å²) in [5.74, 6) is -0.662. The van der Waals surface area contributed by atoms with Crippen molar-refractivity contribution in [1.29, 1.82) is 0 Å². The van der Waals surface area contributed by atoms with Crippen molar-refractivity contribution in [3.05, 3.63) is 83.9 Å². The van der Waals surface area contributed by atoms with Crippen LogP contribution >= 0.6 is 0 Å². The summed E-state index contributed by atoms with van der Waals surface area (Å²) in [5.41, 5.74) is 7.99. The van der Waals surface area contributed by atoms with Crippen LogP contribution in [0.5, 0.6) is 0 Å². The molecule has 4 amide bonds. The van der Waals surface area contributed by atoms with E-state index in [0.29, 0.717) is 25.1 Å². The molecule has 1 unspecified atom stereocenters. The van der Waals surface area contributed by atoms with E-state index in [1.807, 2.05) is 48.5 Å². The minimum atomic E-state index is -4.46. The first-order valence-electron chi connectivity index (χ1n) is 11.6. The first-order valence-corrected chi connectivity index (χ1v) is 11.6. The average Bonchev–Trinajstić information content (AvgIpc) is 2.85. The third kappa shape index (κ3) is 6.46. The highest BCUT2D eigenvalue weighted by atomic mass is 19.4. The Balaban J connectivity index is 1.37. The topological polar surface area (TPSA) is 105 Å². The van der Waals surface area contributed by atoms with Gasteiger partial charge in [0.1, 0.15) is 6.04 Å². The van der Waals surface area contributed by atoms with Crippen LogP contribution in [0.3, 0.4) is 0 Å². The van der Waals surface area contributed by atoms with Crippen LogP contribution in [0, 0.1) is 0 Å². The van der Waals surface area contributed by atoms with Gasteiger partial charge in [0.25, 0.3) is 0 Å². The molecule has 1 fully saturated rings. The van der Waals surface area contributed by atoms with Crippen molar-refractivity contribution >= 4 is 29.2 Å². The number of carbonyl (C=O) groups excluding carboxylic acids is 3. The van der Waals surface area contributed by atoms with Gasteiger partial charge in [-0.15, -0.1) is 0 Å². The van der Waals surface area contributed by atoms with Gasteiger partial charge in [-0.3, -0.25) is 9.59 Å². The molecular weight excluding hydrogens is 485 g/mol. The molecule has 0 saturated carbocycles. The van der Waals surface area contributed by atoms with Crippen LogP contribution in [0.4, 0.5) is 29.3 Å². The predicted molar refractivity (Wildman–Crippen MR) is 134 cm³/mol. The average molecular weight is 511 g/mol. The number of hydrogen-bond donors (Lipinski definition) is 3. The van der Waals surface area contributed by atoms with Gasteiger partial charge < -0.3 is 21.3 Å². The van der Waals surface area contributed by atoms with Gasteiger partial charge in [0.05, 0.1) is 12.0 Å². The van der Waals surface area contributed by atoms with E-state index in [1.54, 1.807) is 4.90 Å². The first kappa shape index (κ1) is 25.7. The molecule has 0 aliphatic carbocycles. The molecule has 0 spiro atoms. The summed E-state index contributed by atoms with van der Waals surface area (Å²) in [7, 11) is 0. The van der Waals surface area contributed by atoms with Crippen molar-refractivity contribution in [2.24, 2.45) is 5.73 Å². The molecule has 1 heterocycles. The number of urea groups is 1. The summed E-state index contributed by atoms with van der Waals surface area (Å²) in [6.45, 7) is 0.499. The van der Waals surface area contributed by atoms with Crippen molar-refractivity contribution in [2.45, 2.75) is 31.5 Å². The largest absolute Gasteiger partial charge is 0.416 e. The number of nitrogens with one attached hydrogen (secondary N) is 2. The zero-order chi connectivity index (χ0) is 26.6. The van der Waals surface area contributed by atoms with Gasteiger partial charge in [0.15, 0.2) is 0 Å². The molecule has 1 aliphatic rings. The van der Waals surface area contributed by atoms with E-state index in [-0.39, 0.29) is 18.0 Å². The molecule has 192 valence electrons.